The molecule has 0 fully saturated rings. The number of allylic oxidation sites excluding steroid dienone is 1. The van der Waals surface area contributed by atoms with Gasteiger partial charge in [-0.05, 0) is 16.8 Å². The van der Waals surface area contributed by atoms with E-state index >= 15 is 0 Å². The molecule has 3 aromatic carbocycles. The molecule has 4 aromatic rings. The van der Waals surface area contributed by atoms with Crippen LogP contribution in [0.3, 0.4) is 0 Å². The first kappa shape index (κ1) is 19.5. The van der Waals surface area contributed by atoms with Crippen molar-refractivity contribution in [3.8, 4) is 34.7 Å². The molecule has 1 aliphatic heterocycles. The molecule has 158 valence electrons. The van der Waals surface area contributed by atoms with Crippen molar-refractivity contribution in [2.24, 2.45) is 5.73 Å². The molecule has 0 aliphatic carbocycles. The van der Waals surface area contributed by atoms with Crippen molar-refractivity contribution in [3.05, 3.63) is 83.2 Å². The van der Waals surface area contributed by atoms with Crippen molar-refractivity contribution in [1.82, 2.24) is 10.2 Å². The second-order valence-corrected chi connectivity index (χ2v) is 7.35. The topological polar surface area (TPSA) is 106 Å². The predicted molar refractivity (Wildman–Crippen MR) is 120 cm³/mol. The van der Waals surface area contributed by atoms with Crippen molar-refractivity contribution in [2.75, 3.05) is 14.2 Å². The lowest BCUT2D eigenvalue weighted by molar-refractivity contribution is 0.348. The van der Waals surface area contributed by atoms with Crippen LogP contribution in [-0.4, -0.2) is 24.4 Å². The number of fused-ring (bicyclic) bond motifs is 2. The highest BCUT2D eigenvalue weighted by molar-refractivity contribution is 5.97. The molecule has 7 heteroatoms. The van der Waals surface area contributed by atoms with Crippen molar-refractivity contribution in [2.45, 2.75) is 5.92 Å². The number of methoxy groups -OCH3 is 2. The molecule has 0 amide bonds. The Morgan fingerprint density at radius 1 is 1.03 bits per heavy atom. The molecule has 0 bridgehead atoms. The molecular formula is C25H20N4O3. The molecule has 1 aliphatic rings. The number of para-hydroxylation sites is 1. The third kappa shape index (κ3) is 2.85. The number of H-pyrrole nitrogens is 1. The number of ether oxygens (including phenoxy) is 3. The van der Waals surface area contributed by atoms with Gasteiger partial charge in [-0.3, -0.25) is 5.10 Å². The Bertz CT molecular complexity index is 1410. The minimum Gasteiger partial charge on any atom is -0.493 e. The molecule has 5 rings (SSSR count). The molecule has 0 spiro atoms. The van der Waals surface area contributed by atoms with Gasteiger partial charge in [-0.15, -0.1) is 5.10 Å². The number of rotatable bonds is 4. The molecule has 3 N–H and O–H groups in total. The zero-order valence-corrected chi connectivity index (χ0v) is 17.5. The van der Waals surface area contributed by atoms with Crippen LogP contribution in [0.1, 0.15) is 17.0 Å². The van der Waals surface area contributed by atoms with Crippen LogP contribution in [0.15, 0.2) is 72.1 Å². The van der Waals surface area contributed by atoms with Crippen LogP contribution in [0.4, 0.5) is 0 Å². The lowest BCUT2D eigenvalue weighted by Gasteiger charge is -2.26. The van der Waals surface area contributed by atoms with Gasteiger partial charge in [0.2, 0.25) is 11.8 Å². The standard InChI is InChI=1S/C25H20N4O3/c1-30-19-12-6-11-17(23(19)31-2)20-18(13-26)24(27)32-25-21(20)22(28-29-25)16-10-5-8-14-7-3-4-9-15(14)16/h3-12,20H,27H2,1-2H3,(H,28,29)/t20-/m0/s1. The first-order valence-corrected chi connectivity index (χ1v) is 10.0. The summed E-state index contributed by atoms with van der Waals surface area (Å²) in [6.07, 6.45) is 0. The highest BCUT2D eigenvalue weighted by Crippen LogP contribution is 2.50. The van der Waals surface area contributed by atoms with Crippen LogP contribution < -0.4 is 19.9 Å². The van der Waals surface area contributed by atoms with E-state index in [1.54, 1.807) is 14.2 Å². The number of hydrogen-bond acceptors (Lipinski definition) is 6. The third-order valence-corrected chi connectivity index (χ3v) is 5.74. The van der Waals surface area contributed by atoms with E-state index in [1.807, 2.05) is 42.5 Å². The van der Waals surface area contributed by atoms with Gasteiger partial charge < -0.3 is 19.9 Å². The Morgan fingerprint density at radius 2 is 1.81 bits per heavy atom. The van der Waals surface area contributed by atoms with Crippen LogP contribution in [0.5, 0.6) is 17.4 Å². The number of aromatic nitrogens is 2. The van der Waals surface area contributed by atoms with Crippen LogP contribution in [-0.2, 0) is 0 Å². The van der Waals surface area contributed by atoms with Gasteiger partial charge in [0, 0.05) is 11.1 Å². The van der Waals surface area contributed by atoms with E-state index in [2.05, 4.69) is 34.5 Å². The molecule has 2 heterocycles. The monoisotopic (exact) mass is 424 g/mol. The third-order valence-electron chi connectivity index (χ3n) is 5.74. The maximum absolute atomic E-state index is 10.0. The quantitative estimate of drug-likeness (QED) is 0.501. The molecule has 0 unspecified atom stereocenters. The Balaban J connectivity index is 1.82. The Hall–Kier alpha value is -4.44. The van der Waals surface area contributed by atoms with E-state index in [0.29, 0.717) is 17.4 Å². The maximum atomic E-state index is 10.0. The fourth-order valence-electron chi connectivity index (χ4n) is 4.34. The van der Waals surface area contributed by atoms with Crippen LogP contribution in [0.2, 0.25) is 0 Å². The largest absolute Gasteiger partial charge is 0.493 e. The SMILES string of the molecule is COc1cccc([C@H]2C(C#N)=C(N)Oc3n[nH]c(-c4cccc5ccccc45)c32)c1OC. The summed E-state index contributed by atoms with van der Waals surface area (Å²) < 4.78 is 16.9. The highest BCUT2D eigenvalue weighted by atomic mass is 16.5. The second-order valence-electron chi connectivity index (χ2n) is 7.35. The summed E-state index contributed by atoms with van der Waals surface area (Å²) >= 11 is 0. The van der Waals surface area contributed by atoms with E-state index in [4.69, 9.17) is 19.9 Å². The van der Waals surface area contributed by atoms with Gasteiger partial charge in [0.15, 0.2) is 11.5 Å². The molecule has 1 aromatic heterocycles. The minimum absolute atomic E-state index is 0.0193. The van der Waals surface area contributed by atoms with E-state index in [0.717, 1.165) is 33.2 Å². The lowest BCUT2D eigenvalue weighted by Crippen LogP contribution is -2.21. The molecule has 32 heavy (non-hydrogen) atoms. The summed E-state index contributed by atoms with van der Waals surface area (Å²) in [5, 5.41) is 19.7. The zero-order chi connectivity index (χ0) is 22.2. The van der Waals surface area contributed by atoms with Gasteiger partial charge in [0.1, 0.15) is 11.6 Å². The summed E-state index contributed by atoms with van der Waals surface area (Å²) in [5.41, 5.74) is 9.59. The summed E-state index contributed by atoms with van der Waals surface area (Å²) in [4.78, 5) is 0. The maximum Gasteiger partial charge on any atom is 0.244 e. The number of aromatic amines is 1. The van der Waals surface area contributed by atoms with E-state index in [9.17, 15) is 5.26 Å². The number of nitrogens with two attached hydrogens (primary N) is 1. The van der Waals surface area contributed by atoms with E-state index in [1.165, 1.54) is 0 Å². The normalized spacial score (nSPS) is 15.1. The van der Waals surface area contributed by atoms with Gasteiger partial charge in [-0.2, -0.15) is 5.26 Å². The van der Waals surface area contributed by atoms with Crippen molar-refractivity contribution in [1.29, 1.82) is 5.26 Å². The van der Waals surface area contributed by atoms with E-state index in [-0.39, 0.29) is 11.5 Å². The number of nitrogens with one attached hydrogen (secondary N) is 1. The summed E-state index contributed by atoms with van der Waals surface area (Å²) in [7, 11) is 3.15. The van der Waals surface area contributed by atoms with Gasteiger partial charge in [-0.1, -0.05) is 54.6 Å². The Kier molecular flexibility index (Phi) is 4.68. The summed E-state index contributed by atoms with van der Waals surface area (Å²) in [5.74, 6) is 0.884. The highest BCUT2D eigenvalue weighted by Gasteiger charge is 2.38. The molecule has 1 atom stereocenters. The van der Waals surface area contributed by atoms with Gasteiger partial charge in [0.25, 0.3) is 0 Å². The Labute approximate surface area is 184 Å². The fraction of sp³-hybridized carbons (Fsp3) is 0.120. The van der Waals surface area contributed by atoms with Crippen molar-refractivity contribution in [3.63, 3.8) is 0 Å². The molecular weight excluding hydrogens is 404 g/mol. The van der Waals surface area contributed by atoms with E-state index < -0.39 is 5.92 Å². The van der Waals surface area contributed by atoms with Crippen LogP contribution >= 0.6 is 0 Å². The lowest BCUT2D eigenvalue weighted by atomic mass is 9.82. The van der Waals surface area contributed by atoms with Crippen LogP contribution in [0, 0.1) is 11.3 Å². The first-order chi connectivity index (χ1) is 15.7. The zero-order valence-electron chi connectivity index (χ0n) is 17.5. The fourth-order valence-corrected chi connectivity index (χ4v) is 4.34. The molecule has 0 saturated heterocycles. The predicted octanol–water partition coefficient (Wildman–Crippen LogP) is 4.47. The van der Waals surface area contributed by atoms with Crippen LogP contribution in [0.25, 0.3) is 22.0 Å². The van der Waals surface area contributed by atoms with Gasteiger partial charge >= 0.3 is 0 Å². The first-order valence-electron chi connectivity index (χ1n) is 10.0. The molecule has 7 nitrogen and oxygen atoms in total. The molecule has 0 saturated carbocycles. The number of benzene rings is 3. The summed E-state index contributed by atoms with van der Waals surface area (Å²) in [6, 6.07) is 22.0. The average molecular weight is 424 g/mol. The number of nitrogens with zero attached hydrogens (tertiary/aromatic N) is 2. The van der Waals surface area contributed by atoms with Gasteiger partial charge in [-0.25, -0.2) is 0 Å². The smallest absolute Gasteiger partial charge is 0.244 e. The second kappa shape index (κ2) is 7.67. The Morgan fingerprint density at radius 3 is 2.59 bits per heavy atom. The minimum atomic E-state index is -0.554. The molecule has 0 radical (unpaired) electrons. The summed E-state index contributed by atoms with van der Waals surface area (Å²) in [6.45, 7) is 0. The number of nitriles is 1. The average Bonchev–Trinajstić information content (AvgIpc) is 3.25. The van der Waals surface area contributed by atoms with Crippen molar-refractivity contribution >= 4 is 10.8 Å². The number of hydrogen-bond donors (Lipinski definition) is 2. The van der Waals surface area contributed by atoms with Crippen molar-refractivity contribution < 1.29 is 14.2 Å². The van der Waals surface area contributed by atoms with Gasteiger partial charge in [0.05, 0.1) is 31.4 Å².